The first-order chi connectivity index (χ1) is 8.06. The van der Waals surface area contributed by atoms with Crippen molar-refractivity contribution in [3.8, 4) is 0 Å². The Morgan fingerprint density at radius 1 is 1.29 bits per heavy atom. The molecule has 2 rings (SSSR count). The van der Waals surface area contributed by atoms with Crippen LogP contribution in [0.25, 0.3) is 0 Å². The summed E-state index contributed by atoms with van der Waals surface area (Å²) >= 11 is 0. The van der Waals surface area contributed by atoms with Gasteiger partial charge < -0.3 is 9.40 Å². The van der Waals surface area contributed by atoms with Crippen molar-refractivity contribution >= 4 is 5.78 Å². The summed E-state index contributed by atoms with van der Waals surface area (Å²) in [5.41, 5.74) is 4.56. The van der Waals surface area contributed by atoms with Crippen LogP contribution >= 0.6 is 0 Å². The van der Waals surface area contributed by atoms with Crippen LogP contribution < -0.4 is 0 Å². The quantitative estimate of drug-likeness (QED) is 0.823. The van der Waals surface area contributed by atoms with E-state index in [-0.39, 0.29) is 5.78 Å². The second-order valence-corrected chi connectivity index (χ2v) is 4.32. The lowest BCUT2D eigenvalue weighted by Gasteiger charge is -2.00. The number of aryl methyl sites for hydroxylation is 2. The largest absolute Gasteiger partial charge is 0.469 e. The molecule has 2 heterocycles. The van der Waals surface area contributed by atoms with E-state index in [0.717, 1.165) is 29.0 Å². The van der Waals surface area contributed by atoms with Crippen LogP contribution in [0, 0.1) is 20.8 Å². The van der Waals surface area contributed by atoms with E-state index < -0.39 is 0 Å². The van der Waals surface area contributed by atoms with Crippen molar-refractivity contribution in [2.75, 3.05) is 0 Å². The summed E-state index contributed by atoms with van der Waals surface area (Å²) in [7, 11) is 0. The molecule has 0 bridgehead atoms. The zero-order valence-corrected chi connectivity index (χ0v) is 10.7. The van der Waals surface area contributed by atoms with E-state index in [2.05, 4.69) is 4.98 Å². The lowest BCUT2D eigenvalue weighted by atomic mass is 10.0. The van der Waals surface area contributed by atoms with Crippen LogP contribution in [0.4, 0.5) is 0 Å². The molecule has 0 spiro atoms. The number of aromatic amines is 1. The fourth-order valence-electron chi connectivity index (χ4n) is 2.02. The lowest BCUT2D eigenvalue weighted by Crippen LogP contribution is -2.05. The van der Waals surface area contributed by atoms with E-state index in [1.54, 1.807) is 12.3 Å². The highest BCUT2D eigenvalue weighted by molar-refractivity contribution is 6.09. The number of hydrogen-bond acceptors (Lipinski definition) is 2. The van der Waals surface area contributed by atoms with Crippen molar-refractivity contribution in [3.05, 3.63) is 46.2 Å². The summed E-state index contributed by atoms with van der Waals surface area (Å²) in [6.07, 6.45) is 2.30. The first-order valence-electron chi connectivity index (χ1n) is 5.83. The molecule has 0 aromatic carbocycles. The molecule has 0 fully saturated rings. The fourth-order valence-corrected chi connectivity index (χ4v) is 2.02. The van der Waals surface area contributed by atoms with Crippen molar-refractivity contribution in [2.45, 2.75) is 34.1 Å². The summed E-state index contributed by atoms with van der Waals surface area (Å²) in [6, 6.07) is 1.74. The Morgan fingerprint density at radius 3 is 2.53 bits per heavy atom. The average Bonchev–Trinajstić information content (AvgIpc) is 2.89. The summed E-state index contributed by atoms with van der Waals surface area (Å²) in [4.78, 5) is 15.5. The first kappa shape index (κ1) is 11.7. The van der Waals surface area contributed by atoms with Crippen molar-refractivity contribution in [3.63, 3.8) is 0 Å². The third-order valence-corrected chi connectivity index (χ3v) is 3.35. The lowest BCUT2D eigenvalue weighted by molar-refractivity contribution is 0.103. The number of nitrogens with one attached hydrogen (secondary N) is 1. The zero-order valence-electron chi connectivity index (χ0n) is 10.7. The first-order valence-corrected chi connectivity index (χ1v) is 5.83. The average molecular weight is 231 g/mol. The minimum Gasteiger partial charge on any atom is -0.469 e. The number of ketones is 1. The summed E-state index contributed by atoms with van der Waals surface area (Å²) in [5, 5.41) is 0. The molecular weight excluding hydrogens is 214 g/mol. The smallest absolute Gasteiger partial charge is 0.212 e. The van der Waals surface area contributed by atoms with Crippen LogP contribution in [0.2, 0.25) is 0 Å². The molecule has 2 aromatic heterocycles. The Balaban J connectivity index is 2.47. The van der Waals surface area contributed by atoms with Gasteiger partial charge in [0.1, 0.15) is 5.76 Å². The minimum atomic E-state index is 0.0179. The third-order valence-electron chi connectivity index (χ3n) is 3.35. The second-order valence-electron chi connectivity index (χ2n) is 4.32. The summed E-state index contributed by atoms with van der Waals surface area (Å²) in [5.74, 6) is 0.767. The number of carbonyl (C=O) groups excluding carboxylic acids is 1. The highest BCUT2D eigenvalue weighted by Gasteiger charge is 2.20. The Morgan fingerprint density at radius 2 is 2.00 bits per heavy atom. The molecule has 0 aliphatic carbocycles. The Kier molecular flexibility index (Phi) is 2.92. The number of rotatable bonds is 3. The van der Waals surface area contributed by atoms with Gasteiger partial charge in [-0.1, -0.05) is 6.92 Å². The standard InChI is InChI=1S/C14H17NO2/c1-5-12-11(6-7-17-12)14(16)13-9(3)8(2)10(4)15-13/h6-7,15H,5H2,1-4H3. The van der Waals surface area contributed by atoms with Crippen molar-refractivity contribution in [1.29, 1.82) is 0 Å². The van der Waals surface area contributed by atoms with Gasteiger partial charge in [-0.3, -0.25) is 4.79 Å². The van der Waals surface area contributed by atoms with Gasteiger partial charge in [0.05, 0.1) is 17.5 Å². The number of hydrogen-bond donors (Lipinski definition) is 1. The fraction of sp³-hybridized carbons (Fsp3) is 0.357. The molecule has 3 nitrogen and oxygen atoms in total. The molecule has 1 N–H and O–H groups in total. The Bertz CT molecular complexity index is 561. The molecular formula is C14H17NO2. The second kappa shape index (κ2) is 4.24. The van der Waals surface area contributed by atoms with Gasteiger partial charge in [0.2, 0.25) is 5.78 Å². The molecule has 3 heteroatoms. The number of aromatic nitrogens is 1. The van der Waals surface area contributed by atoms with Gasteiger partial charge >= 0.3 is 0 Å². The van der Waals surface area contributed by atoms with Gasteiger partial charge in [-0.15, -0.1) is 0 Å². The number of carbonyl (C=O) groups is 1. The van der Waals surface area contributed by atoms with Crippen molar-refractivity contribution in [2.24, 2.45) is 0 Å². The van der Waals surface area contributed by atoms with Crippen LogP contribution in [-0.4, -0.2) is 10.8 Å². The monoisotopic (exact) mass is 231 g/mol. The molecule has 90 valence electrons. The van der Waals surface area contributed by atoms with E-state index in [4.69, 9.17) is 4.42 Å². The normalized spacial score (nSPS) is 10.8. The van der Waals surface area contributed by atoms with Crippen LogP contribution in [0.3, 0.4) is 0 Å². The molecule has 0 radical (unpaired) electrons. The predicted octanol–water partition coefficient (Wildman–Crippen LogP) is 3.33. The Hall–Kier alpha value is -1.77. The molecule has 0 saturated carbocycles. The topological polar surface area (TPSA) is 46.0 Å². The van der Waals surface area contributed by atoms with E-state index >= 15 is 0 Å². The van der Waals surface area contributed by atoms with Crippen LogP contribution in [0.1, 0.15) is 45.6 Å². The van der Waals surface area contributed by atoms with E-state index in [1.807, 2.05) is 27.7 Å². The molecule has 0 atom stereocenters. The predicted molar refractivity (Wildman–Crippen MR) is 66.5 cm³/mol. The Labute approximate surface area is 101 Å². The SMILES string of the molecule is CCc1occc1C(=O)c1[nH]c(C)c(C)c1C. The highest BCUT2D eigenvalue weighted by atomic mass is 16.3. The van der Waals surface area contributed by atoms with Gasteiger partial charge in [0.25, 0.3) is 0 Å². The molecule has 0 unspecified atom stereocenters. The molecule has 0 aliphatic heterocycles. The maximum Gasteiger partial charge on any atom is 0.212 e. The van der Waals surface area contributed by atoms with Crippen LogP contribution in [0.5, 0.6) is 0 Å². The molecule has 0 saturated heterocycles. The summed E-state index contributed by atoms with van der Waals surface area (Å²) < 4.78 is 5.30. The summed E-state index contributed by atoms with van der Waals surface area (Å²) in [6.45, 7) is 7.95. The van der Waals surface area contributed by atoms with Crippen LogP contribution in [0.15, 0.2) is 16.7 Å². The van der Waals surface area contributed by atoms with Gasteiger partial charge in [-0.05, 0) is 38.0 Å². The number of furan rings is 1. The maximum atomic E-state index is 12.4. The van der Waals surface area contributed by atoms with Crippen molar-refractivity contribution < 1.29 is 9.21 Å². The molecule has 2 aromatic rings. The van der Waals surface area contributed by atoms with Gasteiger partial charge in [0.15, 0.2) is 0 Å². The van der Waals surface area contributed by atoms with E-state index in [9.17, 15) is 4.79 Å². The molecule has 17 heavy (non-hydrogen) atoms. The van der Waals surface area contributed by atoms with Crippen LogP contribution in [-0.2, 0) is 6.42 Å². The van der Waals surface area contributed by atoms with E-state index in [1.165, 1.54) is 0 Å². The minimum absolute atomic E-state index is 0.0179. The van der Waals surface area contributed by atoms with Gasteiger partial charge in [0, 0.05) is 12.1 Å². The van der Waals surface area contributed by atoms with Gasteiger partial charge in [-0.25, -0.2) is 0 Å². The molecule has 0 aliphatic rings. The zero-order chi connectivity index (χ0) is 12.6. The van der Waals surface area contributed by atoms with Crippen molar-refractivity contribution in [1.82, 2.24) is 4.98 Å². The van der Waals surface area contributed by atoms with Gasteiger partial charge in [-0.2, -0.15) is 0 Å². The number of H-pyrrole nitrogens is 1. The maximum absolute atomic E-state index is 12.4. The molecule has 0 amide bonds. The highest BCUT2D eigenvalue weighted by Crippen LogP contribution is 2.22. The third kappa shape index (κ3) is 1.82. The van der Waals surface area contributed by atoms with E-state index in [0.29, 0.717) is 11.3 Å².